The molecule has 31 heavy (non-hydrogen) atoms. The smallest absolute Gasteiger partial charge is 0.344 e. The summed E-state index contributed by atoms with van der Waals surface area (Å²) in [5.41, 5.74) is 2.03. The van der Waals surface area contributed by atoms with Crippen LogP contribution in [0.1, 0.15) is 32.6 Å². The van der Waals surface area contributed by atoms with E-state index in [2.05, 4.69) is 23.0 Å². The molecular formula is C21H29N5O5. The molecule has 1 aliphatic carbocycles. The number of methoxy groups -OCH3 is 1. The van der Waals surface area contributed by atoms with E-state index < -0.39 is 23.4 Å². The van der Waals surface area contributed by atoms with Gasteiger partial charge in [0.2, 0.25) is 5.91 Å². The molecule has 10 heteroatoms. The number of amides is 5. The Labute approximate surface area is 181 Å². The van der Waals surface area contributed by atoms with Gasteiger partial charge in [0, 0.05) is 11.8 Å². The predicted octanol–water partition coefficient (Wildman–Crippen LogP) is 1.10. The second kappa shape index (κ2) is 9.34. The fraction of sp³-hybridized carbons (Fsp3) is 0.524. The zero-order chi connectivity index (χ0) is 22.6. The van der Waals surface area contributed by atoms with E-state index in [0.29, 0.717) is 30.2 Å². The molecule has 10 nitrogen and oxygen atoms in total. The van der Waals surface area contributed by atoms with E-state index in [1.807, 2.05) is 0 Å². The van der Waals surface area contributed by atoms with Crippen molar-refractivity contribution in [3.8, 4) is 5.75 Å². The lowest BCUT2D eigenvalue weighted by Gasteiger charge is -2.33. The Hall–Kier alpha value is -3.14. The molecule has 2 aliphatic rings. The molecule has 168 valence electrons. The van der Waals surface area contributed by atoms with E-state index in [9.17, 15) is 19.2 Å². The molecule has 1 spiro atoms. The van der Waals surface area contributed by atoms with Crippen LogP contribution in [-0.4, -0.2) is 66.4 Å². The number of nitrogens with zero attached hydrogens (tertiary/aromatic N) is 2. The van der Waals surface area contributed by atoms with Gasteiger partial charge in [0.05, 0.1) is 20.2 Å². The minimum atomic E-state index is -0.917. The molecule has 1 aliphatic heterocycles. The molecule has 3 rings (SSSR count). The van der Waals surface area contributed by atoms with Gasteiger partial charge in [0.25, 0.3) is 11.8 Å². The zero-order valence-electron chi connectivity index (χ0n) is 18.1. The molecule has 5 amide bonds. The first-order valence-electron chi connectivity index (χ1n) is 10.3. The topological polar surface area (TPSA) is 120 Å². The molecule has 3 N–H and O–H groups in total. The quantitative estimate of drug-likeness (QED) is 0.556. The third-order valence-electron chi connectivity index (χ3n) is 5.71. The third kappa shape index (κ3) is 5.32. The van der Waals surface area contributed by atoms with Crippen LogP contribution in [0.3, 0.4) is 0 Å². The first-order valence-corrected chi connectivity index (χ1v) is 10.3. The van der Waals surface area contributed by atoms with Crippen LogP contribution in [0.2, 0.25) is 0 Å². The van der Waals surface area contributed by atoms with E-state index in [-0.39, 0.29) is 19.0 Å². The number of carbonyl (C=O) groups excluding carboxylic acids is 4. The molecule has 2 fully saturated rings. The highest BCUT2D eigenvalue weighted by Gasteiger charge is 2.52. The van der Waals surface area contributed by atoms with Crippen molar-refractivity contribution in [2.45, 2.75) is 38.1 Å². The summed E-state index contributed by atoms with van der Waals surface area (Å²) in [5, 5.41) is 6.25. The third-order valence-corrected chi connectivity index (χ3v) is 5.71. The van der Waals surface area contributed by atoms with Gasteiger partial charge in [-0.2, -0.15) is 5.01 Å². The monoisotopic (exact) mass is 431 g/mol. The maximum absolute atomic E-state index is 12.8. The molecule has 1 heterocycles. The van der Waals surface area contributed by atoms with Crippen molar-refractivity contribution < 1.29 is 23.9 Å². The molecule has 1 aromatic carbocycles. The summed E-state index contributed by atoms with van der Waals surface area (Å²) in [4.78, 5) is 51.2. The lowest BCUT2D eigenvalue weighted by molar-refractivity contribution is -0.140. The van der Waals surface area contributed by atoms with Gasteiger partial charge in [0.1, 0.15) is 11.3 Å². The number of hydrogen-bond donors (Lipinski definition) is 3. The van der Waals surface area contributed by atoms with Gasteiger partial charge in [0.15, 0.2) is 0 Å². The second-order valence-corrected chi connectivity index (χ2v) is 8.32. The maximum atomic E-state index is 12.8. The van der Waals surface area contributed by atoms with E-state index in [1.165, 1.54) is 12.0 Å². The Morgan fingerprint density at radius 1 is 1.23 bits per heavy atom. The number of ether oxygens (including phenoxy) is 1. The molecular weight excluding hydrogens is 402 g/mol. The highest BCUT2D eigenvalue weighted by Crippen LogP contribution is 2.35. The number of urea groups is 1. The van der Waals surface area contributed by atoms with Crippen LogP contribution in [0, 0.1) is 5.92 Å². The normalized spacial score (nSPS) is 23.1. The Kier molecular flexibility index (Phi) is 6.79. The Morgan fingerprint density at radius 3 is 2.58 bits per heavy atom. The Morgan fingerprint density at radius 2 is 1.90 bits per heavy atom. The predicted molar refractivity (Wildman–Crippen MR) is 113 cm³/mol. The first kappa shape index (κ1) is 22.5. The minimum absolute atomic E-state index is 0.0490. The van der Waals surface area contributed by atoms with Crippen molar-refractivity contribution in [1.82, 2.24) is 20.7 Å². The molecule has 0 unspecified atom stereocenters. The van der Waals surface area contributed by atoms with Crippen LogP contribution >= 0.6 is 0 Å². The summed E-state index contributed by atoms with van der Waals surface area (Å²) >= 11 is 0. The van der Waals surface area contributed by atoms with Gasteiger partial charge in [-0.3, -0.25) is 24.7 Å². The maximum Gasteiger partial charge on any atom is 0.344 e. The van der Waals surface area contributed by atoms with Crippen molar-refractivity contribution in [2.24, 2.45) is 5.92 Å². The summed E-state index contributed by atoms with van der Waals surface area (Å²) in [7, 11) is 3.13. The molecule has 1 aromatic rings. The molecule has 0 radical (unpaired) electrons. The van der Waals surface area contributed by atoms with E-state index in [1.54, 1.807) is 31.3 Å². The van der Waals surface area contributed by atoms with Gasteiger partial charge in [-0.15, -0.1) is 0 Å². The van der Waals surface area contributed by atoms with Crippen LogP contribution in [-0.2, 0) is 14.4 Å². The molecule has 0 bridgehead atoms. The van der Waals surface area contributed by atoms with Crippen LogP contribution in [0.15, 0.2) is 24.3 Å². The van der Waals surface area contributed by atoms with Crippen molar-refractivity contribution in [3.63, 3.8) is 0 Å². The van der Waals surface area contributed by atoms with E-state index >= 15 is 0 Å². The van der Waals surface area contributed by atoms with Crippen molar-refractivity contribution in [1.29, 1.82) is 0 Å². The zero-order valence-corrected chi connectivity index (χ0v) is 18.1. The number of benzene rings is 1. The molecule has 1 saturated heterocycles. The molecule has 0 aromatic heterocycles. The number of likely N-dealkylation sites (N-methyl/N-ethyl adjacent to an activating group) is 1. The molecule has 0 atom stereocenters. The van der Waals surface area contributed by atoms with Gasteiger partial charge in [-0.25, -0.2) is 4.79 Å². The average Bonchev–Trinajstić information content (AvgIpc) is 2.94. The average molecular weight is 431 g/mol. The van der Waals surface area contributed by atoms with Crippen LogP contribution in [0.25, 0.3) is 0 Å². The summed E-state index contributed by atoms with van der Waals surface area (Å²) in [5.74, 6) is -0.161. The highest BCUT2D eigenvalue weighted by molar-refractivity contribution is 6.08. The van der Waals surface area contributed by atoms with Gasteiger partial charge >= 0.3 is 6.03 Å². The van der Waals surface area contributed by atoms with E-state index in [4.69, 9.17) is 4.74 Å². The minimum Gasteiger partial charge on any atom is -0.497 e. The van der Waals surface area contributed by atoms with Crippen LogP contribution in [0.4, 0.5) is 10.5 Å². The highest BCUT2D eigenvalue weighted by atomic mass is 16.5. The summed E-state index contributed by atoms with van der Waals surface area (Å²) in [6.07, 6.45) is 2.82. The van der Waals surface area contributed by atoms with Crippen molar-refractivity contribution >= 4 is 29.4 Å². The number of anilines is 1. The van der Waals surface area contributed by atoms with Crippen LogP contribution < -0.4 is 20.8 Å². The number of hydrogen-bond acceptors (Lipinski definition) is 6. The number of carbonyl (C=O) groups is 4. The largest absolute Gasteiger partial charge is 0.497 e. The van der Waals surface area contributed by atoms with Crippen molar-refractivity contribution in [3.05, 3.63) is 24.3 Å². The fourth-order valence-electron chi connectivity index (χ4n) is 3.92. The van der Waals surface area contributed by atoms with Gasteiger partial charge in [-0.05, 0) is 50.8 Å². The van der Waals surface area contributed by atoms with Crippen molar-refractivity contribution in [2.75, 3.05) is 32.6 Å². The Bertz CT molecular complexity index is 865. The summed E-state index contributed by atoms with van der Waals surface area (Å²) in [6.45, 7) is 1.91. The first-order chi connectivity index (χ1) is 14.7. The fourth-order valence-corrected chi connectivity index (χ4v) is 3.92. The summed E-state index contributed by atoms with van der Waals surface area (Å²) < 4.78 is 5.12. The van der Waals surface area contributed by atoms with E-state index in [0.717, 1.165) is 17.9 Å². The van der Waals surface area contributed by atoms with Crippen LogP contribution in [0.5, 0.6) is 5.75 Å². The standard InChI is InChI=1S/C21H29N5O5/c1-14-7-9-21(10-8-14)19(29)26(20(30)23-21)24-18(28)13-25(2)12-17(27)22-15-5-4-6-16(11-15)31-3/h4-6,11,14H,7-10,12-13H2,1-3H3,(H,22,27)(H,23,30)(H,24,28). The Balaban J connectivity index is 1.49. The van der Waals surface area contributed by atoms with Gasteiger partial charge < -0.3 is 15.4 Å². The number of imide groups is 1. The number of hydrazine groups is 1. The van der Waals surface area contributed by atoms with Gasteiger partial charge in [-0.1, -0.05) is 13.0 Å². The lowest BCUT2D eigenvalue weighted by atomic mass is 9.77. The lowest BCUT2D eigenvalue weighted by Crippen LogP contribution is -2.52. The number of rotatable bonds is 7. The SMILES string of the molecule is COc1cccc(NC(=O)CN(C)CC(=O)NN2C(=O)NC3(CCC(C)CC3)C2=O)c1. The summed E-state index contributed by atoms with van der Waals surface area (Å²) in [6, 6.07) is 6.31. The number of nitrogens with one attached hydrogen (secondary N) is 3. The second-order valence-electron chi connectivity index (χ2n) is 8.32. The molecule has 1 saturated carbocycles.